The first-order chi connectivity index (χ1) is 7.72. The summed E-state index contributed by atoms with van der Waals surface area (Å²) in [6, 6.07) is 0. The van der Waals surface area contributed by atoms with Crippen molar-refractivity contribution in [1.29, 1.82) is 0 Å². The highest BCUT2D eigenvalue weighted by molar-refractivity contribution is 6.30. The summed E-state index contributed by atoms with van der Waals surface area (Å²) in [5, 5.41) is 4.03. The van der Waals surface area contributed by atoms with Gasteiger partial charge in [-0.1, -0.05) is 11.6 Å². The number of esters is 1. The van der Waals surface area contributed by atoms with Gasteiger partial charge in [-0.3, -0.25) is 0 Å². The highest BCUT2D eigenvalue weighted by Gasteiger charge is 2.14. The number of carbonyl (C=O) groups is 1. The van der Waals surface area contributed by atoms with E-state index in [1.54, 1.807) is 0 Å². The molecular weight excluding hydrogens is 234 g/mol. The Labute approximate surface area is 95.1 Å². The maximum Gasteiger partial charge on any atom is 0.377 e. The quantitative estimate of drug-likeness (QED) is 0.710. The zero-order chi connectivity index (χ0) is 11.5. The lowest BCUT2D eigenvalue weighted by Gasteiger charge is -1.99. The zero-order valence-electron chi connectivity index (χ0n) is 8.16. The predicted octanol–water partition coefficient (Wildman–Crippen LogP) is 0.497. The number of nitrogens with zero attached hydrogens (tertiary/aromatic N) is 5. The minimum Gasteiger partial charge on any atom is -0.463 e. The van der Waals surface area contributed by atoms with E-state index in [1.807, 2.05) is 0 Å². The van der Waals surface area contributed by atoms with Crippen LogP contribution >= 0.6 is 11.6 Å². The molecule has 0 aliphatic heterocycles. The van der Waals surface area contributed by atoms with E-state index in [0.717, 1.165) is 0 Å². The summed E-state index contributed by atoms with van der Waals surface area (Å²) >= 11 is 5.80. The topological polar surface area (TPSA) is 82.8 Å². The van der Waals surface area contributed by atoms with E-state index in [4.69, 9.17) is 11.6 Å². The summed E-state index contributed by atoms with van der Waals surface area (Å²) in [4.78, 5) is 22.7. The molecule has 0 N–H and O–H groups in total. The van der Waals surface area contributed by atoms with Crippen LogP contribution in [0.1, 0.15) is 10.6 Å². The Balaban J connectivity index is 2.39. The van der Waals surface area contributed by atoms with Crippen molar-refractivity contribution in [3.8, 4) is 5.82 Å². The lowest BCUT2D eigenvalue weighted by Crippen LogP contribution is -2.06. The number of methoxy groups -OCH3 is 1. The molecule has 0 saturated carbocycles. The van der Waals surface area contributed by atoms with Gasteiger partial charge in [-0.05, 0) is 0 Å². The highest BCUT2D eigenvalue weighted by atomic mass is 35.5. The maximum atomic E-state index is 11.1. The van der Waals surface area contributed by atoms with Crippen LogP contribution in [0.2, 0.25) is 5.15 Å². The standard InChI is InChI=1S/C8H6ClN5O2/c1-16-8(15)6-12-4-14(13-6)7-5(9)10-2-3-11-7/h2-4H,1H3. The summed E-state index contributed by atoms with van der Waals surface area (Å²) in [6.07, 6.45) is 4.22. The number of hydrogen-bond acceptors (Lipinski definition) is 6. The molecule has 82 valence electrons. The summed E-state index contributed by atoms with van der Waals surface area (Å²) in [6.45, 7) is 0. The molecule has 0 aromatic carbocycles. The van der Waals surface area contributed by atoms with E-state index in [9.17, 15) is 4.79 Å². The molecule has 2 aromatic rings. The molecule has 2 heterocycles. The van der Waals surface area contributed by atoms with E-state index in [2.05, 4.69) is 24.8 Å². The normalized spacial score (nSPS) is 10.1. The first kappa shape index (κ1) is 10.5. The van der Waals surface area contributed by atoms with Crippen molar-refractivity contribution in [1.82, 2.24) is 24.7 Å². The summed E-state index contributed by atoms with van der Waals surface area (Å²) in [7, 11) is 1.25. The Morgan fingerprint density at radius 2 is 2.12 bits per heavy atom. The van der Waals surface area contributed by atoms with E-state index in [1.165, 1.54) is 30.5 Å². The van der Waals surface area contributed by atoms with Gasteiger partial charge < -0.3 is 4.74 Å². The van der Waals surface area contributed by atoms with Crippen LogP contribution in [0.15, 0.2) is 18.7 Å². The van der Waals surface area contributed by atoms with Crippen molar-refractivity contribution in [3.63, 3.8) is 0 Å². The first-order valence-corrected chi connectivity index (χ1v) is 4.57. The number of hydrogen-bond donors (Lipinski definition) is 0. The van der Waals surface area contributed by atoms with Crippen molar-refractivity contribution in [2.24, 2.45) is 0 Å². The molecule has 0 spiro atoms. The van der Waals surface area contributed by atoms with Gasteiger partial charge in [0.25, 0.3) is 5.82 Å². The number of halogens is 1. The molecule has 0 amide bonds. The van der Waals surface area contributed by atoms with Gasteiger partial charge in [-0.15, -0.1) is 5.10 Å². The van der Waals surface area contributed by atoms with Gasteiger partial charge in [0.05, 0.1) is 7.11 Å². The average molecular weight is 240 g/mol. The van der Waals surface area contributed by atoms with Gasteiger partial charge >= 0.3 is 5.97 Å². The monoisotopic (exact) mass is 239 g/mol. The number of ether oxygens (including phenoxy) is 1. The van der Waals surface area contributed by atoms with Crippen molar-refractivity contribution in [3.05, 3.63) is 29.7 Å². The van der Waals surface area contributed by atoms with Crippen LogP contribution in [-0.4, -0.2) is 37.8 Å². The minimum absolute atomic E-state index is 0.0655. The summed E-state index contributed by atoms with van der Waals surface area (Å²) in [5.74, 6) is -0.394. The Hall–Kier alpha value is -2.02. The lowest BCUT2D eigenvalue weighted by molar-refractivity contribution is 0.0587. The van der Waals surface area contributed by atoms with Gasteiger partial charge in [0, 0.05) is 12.4 Å². The van der Waals surface area contributed by atoms with Crippen molar-refractivity contribution < 1.29 is 9.53 Å². The number of aromatic nitrogens is 5. The molecule has 0 bridgehead atoms. The largest absolute Gasteiger partial charge is 0.463 e. The molecule has 7 nitrogen and oxygen atoms in total. The highest BCUT2D eigenvalue weighted by Crippen LogP contribution is 2.12. The van der Waals surface area contributed by atoms with Gasteiger partial charge in [0.2, 0.25) is 0 Å². The van der Waals surface area contributed by atoms with Crippen LogP contribution in [0, 0.1) is 0 Å². The van der Waals surface area contributed by atoms with Crippen LogP contribution < -0.4 is 0 Å². The first-order valence-electron chi connectivity index (χ1n) is 4.19. The minimum atomic E-state index is -0.626. The maximum absolute atomic E-state index is 11.1. The Morgan fingerprint density at radius 3 is 2.81 bits per heavy atom. The molecule has 2 aromatic heterocycles. The van der Waals surface area contributed by atoms with Gasteiger partial charge in [0.1, 0.15) is 6.33 Å². The van der Waals surface area contributed by atoms with Crippen molar-refractivity contribution >= 4 is 17.6 Å². The van der Waals surface area contributed by atoms with Crippen LogP contribution in [0.5, 0.6) is 0 Å². The van der Waals surface area contributed by atoms with Gasteiger partial charge in [-0.25, -0.2) is 19.7 Å². The van der Waals surface area contributed by atoms with Crippen LogP contribution in [0.25, 0.3) is 5.82 Å². The Bertz CT molecular complexity index is 527. The van der Waals surface area contributed by atoms with E-state index in [0.29, 0.717) is 5.82 Å². The molecule has 0 radical (unpaired) electrons. The third-order valence-electron chi connectivity index (χ3n) is 1.71. The molecule has 0 saturated heterocycles. The fourth-order valence-corrected chi connectivity index (χ4v) is 1.21. The third-order valence-corrected chi connectivity index (χ3v) is 1.98. The van der Waals surface area contributed by atoms with Crippen LogP contribution in [0.4, 0.5) is 0 Å². The molecule has 0 aliphatic carbocycles. The molecule has 2 rings (SSSR count). The molecule has 8 heteroatoms. The second-order valence-corrected chi connectivity index (χ2v) is 3.03. The molecule has 0 atom stereocenters. The molecular formula is C8H6ClN5O2. The van der Waals surface area contributed by atoms with Crippen molar-refractivity contribution in [2.75, 3.05) is 7.11 Å². The Kier molecular flexibility index (Phi) is 2.78. The Morgan fingerprint density at radius 1 is 1.38 bits per heavy atom. The second kappa shape index (κ2) is 4.23. The number of rotatable bonds is 2. The van der Waals surface area contributed by atoms with E-state index in [-0.39, 0.29) is 11.0 Å². The summed E-state index contributed by atoms with van der Waals surface area (Å²) < 4.78 is 5.72. The fourth-order valence-electron chi connectivity index (χ4n) is 1.02. The molecule has 16 heavy (non-hydrogen) atoms. The van der Waals surface area contributed by atoms with Gasteiger partial charge in [-0.2, -0.15) is 4.68 Å². The van der Waals surface area contributed by atoms with E-state index >= 15 is 0 Å². The van der Waals surface area contributed by atoms with E-state index < -0.39 is 5.97 Å². The smallest absolute Gasteiger partial charge is 0.377 e. The zero-order valence-corrected chi connectivity index (χ0v) is 8.92. The fraction of sp³-hybridized carbons (Fsp3) is 0.125. The van der Waals surface area contributed by atoms with Crippen molar-refractivity contribution in [2.45, 2.75) is 0 Å². The SMILES string of the molecule is COC(=O)c1ncn(-c2nccnc2Cl)n1. The molecule has 0 fully saturated rings. The molecule has 0 aliphatic rings. The third kappa shape index (κ3) is 1.84. The second-order valence-electron chi connectivity index (χ2n) is 2.68. The summed E-state index contributed by atoms with van der Waals surface area (Å²) in [5.41, 5.74) is 0. The predicted molar refractivity (Wildman–Crippen MR) is 53.3 cm³/mol. The van der Waals surface area contributed by atoms with Crippen LogP contribution in [0.3, 0.4) is 0 Å². The number of carbonyl (C=O) groups excluding carboxylic acids is 1. The van der Waals surface area contributed by atoms with Crippen LogP contribution in [-0.2, 0) is 4.74 Å². The van der Waals surface area contributed by atoms with Gasteiger partial charge in [0.15, 0.2) is 11.0 Å². The molecule has 0 unspecified atom stereocenters. The average Bonchev–Trinajstić information content (AvgIpc) is 2.78. The lowest BCUT2D eigenvalue weighted by atomic mass is 10.6.